The second-order valence-corrected chi connectivity index (χ2v) is 5.76. The maximum Gasteiger partial charge on any atom is 0.0731 e. The Kier molecular flexibility index (Phi) is 4.49. The van der Waals surface area contributed by atoms with Crippen molar-refractivity contribution in [3.8, 4) is 0 Å². The lowest BCUT2D eigenvalue weighted by Gasteiger charge is -2.09. The van der Waals surface area contributed by atoms with E-state index in [1.54, 1.807) is 6.07 Å². The standard InChI is InChI=1S/C19H15ClN2O2/c1-12(14-7-6-13-4-2-3-5-15(13)10-14)21-22-16-8-9-18(20)17(11-16)19(23)24/h2-11,22H,1H3,(H,23,24)/p-1/b21-12-. The van der Waals surface area contributed by atoms with Crippen LogP contribution >= 0.6 is 11.6 Å². The number of rotatable bonds is 4. The fourth-order valence-electron chi connectivity index (χ4n) is 2.38. The van der Waals surface area contributed by atoms with Crippen LogP contribution in [-0.4, -0.2) is 11.7 Å². The molecule has 0 atom stereocenters. The third kappa shape index (κ3) is 3.39. The molecule has 0 aliphatic rings. The molecule has 0 fully saturated rings. The molecular weight excluding hydrogens is 324 g/mol. The summed E-state index contributed by atoms with van der Waals surface area (Å²) in [4.78, 5) is 11.0. The number of hydrogen-bond donors (Lipinski definition) is 1. The van der Waals surface area contributed by atoms with Gasteiger partial charge in [0.2, 0.25) is 0 Å². The molecule has 0 saturated heterocycles. The molecule has 0 radical (unpaired) electrons. The molecule has 0 spiro atoms. The Bertz CT molecular complexity index is 951. The minimum Gasteiger partial charge on any atom is -0.545 e. The summed E-state index contributed by atoms with van der Waals surface area (Å²) in [6.45, 7) is 1.88. The van der Waals surface area contributed by atoms with Crippen molar-refractivity contribution in [3.63, 3.8) is 0 Å². The zero-order valence-electron chi connectivity index (χ0n) is 12.9. The van der Waals surface area contributed by atoms with Crippen LogP contribution < -0.4 is 10.5 Å². The molecule has 0 bridgehead atoms. The summed E-state index contributed by atoms with van der Waals surface area (Å²) in [7, 11) is 0. The van der Waals surface area contributed by atoms with Gasteiger partial charge in [0.05, 0.1) is 17.4 Å². The van der Waals surface area contributed by atoms with E-state index in [9.17, 15) is 9.90 Å². The number of carbonyl (C=O) groups is 1. The molecule has 0 unspecified atom stereocenters. The predicted octanol–water partition coefficient (Wildman–Crippen LogP) is 3.69. The van der Waals surface area contributed by atoms with Gasteiger partial charge in [-0.05, 0) is 47.5 Å². The Morgan fingerprint density at radius 2 is 1.79 bits per heavy atom. The SMILES string of the molecule is C/C(=N/Nc1ccc(Cl)c(C(=O)[O-])c1)c1ccc2ccccc2c1. The fourth-order valence-corrected chi connectivity index (χ4v) is 2.57. The highest BCUT2D eigenvalue weighted by atomic mass is 35.5. The Labute approximate surface area is 144 Å². The van der Waals surface area contributed by atoms with Crippen LogP contribution in [0.5, 0.6) is 0 Å². The van der Waals surface area contributed by atoms with Crippen LogP contribution in [0, 0.1) is 0 Å². The number of hydrogen-bond acceptors (Lipinski definition) is 4. The quantitative estimate of drug-likeness (QED) is 0.583. The van der Waals surface area contributed by atoms with Gasteiger partial charge in [-0.15, -0.1) is 0 Å². The van der Waals surface area contributed by atoms with Crippen molar-refractivity contribution in [1.82, 2.24) is 0 Å². The first-order valence-electron chi connectivity index (χ1n) is 7.35. The average Bonchev–Trinajstić information content (AvgIpc) is 2.60. The van der Waals surface area contributed by atoms with E-state index < -0.39 is 5.97 Å². The molecule has 5 heteroatoms. The first kappa shape index (κ1) is 16.0. The van der Waals surface area contributed by atoms with Crippen molar-refractivity contribution in [1.29, 1.82) is 0 Å². The van der Waals surface area contributed by atoms with Crippen LogP contribution in [-0.2, 0) is 0 Å². The van der Waals surface area contributed by atoms with Gasteiger partial charge in [-0.1, -0.05) is 48.0 Å². The number of hydrazone groups is 1. The van der Waals surface area contributed by atoms with E-state index in [-0.39, 0.29) is 10.6 Å². The number of nitrogens with zero attached hydrogens (tertiary/aromatic N) is 1. The van der Waals surface area contributed by atoms with Gasteiger partial charge < -0.3 is 9.90 Å². The van der Waals surface area contributed by atoms with E-state index >= 15 is 0 Å². The van der Waals surface area contributed by atoms with E-state index in [4.69, 9.17) is 11.6 Å². The van der Waals surface area contributed by atoms with Crippen molar-refractivity contribution in [2.24, 2.45) is 5.10 Å². The summed E-state index contributed by atoms with van der Waals surface area (Å²) in [5.41, 5.74) is 5.07. The number of carbonyl (C=O) groups excluding carboxylic acids is 1. The minimum absolute atomic E-state index is 0.0692. The van der Waals surface area contributed by atoms with Gasteiger partial charge in [0.15, 0.2) is 0 Å². The number of benzene rings is 3. The maximum atomic E-state index is 11.0. The Balaban J connectivity index is 1.85. The number of aromatic carboxylic acids is 1. The van der Waals surface area contributed by atoms with Crippen molar-refractivity contribution in [2.45, 2.75) is 6.92 Å². The first-order valence-corrected chi connectivity index (χ1v) is 7.73. The minimum atomic E-state index is -1.32. The van der Waals surface area contributed by atoms with E-state index in [0.717, 1.165) is 16.7 Å². The molecule has 0 aromatic heterocycles. The molecule has 0 saturated carbocycles. The van der Waals surface area contributed by atoms with Crippen molar-refractivity contribution >= 4 is 39.7 Å². The maximum absolute atomic E-state index is 11.0. The van der Waals surface area contributed by atoms with Gasteiger partial charge in [-0.2, -0.15) is 5.10 Å². The smallest absolute Gasteiger partial charge is 0.0731 e. The third-order valence-corrected chi connectivity index (χ3v) is 4.04. The number of halogens is 1. The molecular formula is C19H14ClN2O2-. The number of fused-ring (bicyclic) bond motifs is 1. The van der Waals surface area contributed by atoms with Gasteiger partial charge in [-0.3, -0.25) is 5.43 Å². The van der Waals surface area contributed by atoms with E-state index in [1.165, 1.54) is 17.5 Å². The average molecular weight is 338 g/mol. The molecule has 4 nitrogen and oxygen atoms in total. The molecule has 3 aromatic rings. The third-order valence-electron chi connectivity index (χ3n) is 3.71. The summed E-state index contributed by atoms with van der Waals surface area (Å²) in [5, 5.41) is 17.7. The van der Waals surface area contributed by atoms with E-state index in [1.807, 2.05) is 37.3 Å². The second-order valence-electron chi connectivity index (χ2n) is 5.35. The summed E-state index contributed by atoms with van der Waals surface area (Å²) in [6.07, 6.45) is 0. The largest absolute Gasteiger partial charge is 0.545 e. The Hall–Kier alpha value is -2.85. The van der Waals surface area contributed by atoms with E-state index in [2.05, 4.69) is 22.7 Å². The summed E-state index contributed by atoms with van der Waals surface area (Å²) >= 11 is 5.82. The highest BCUT2D eigenvalue weighted by molar-refractivity contribution is 6.33. The number of carboxylic acid groups (broad SMARTS) is 1. The fraction of sp³-hybridized carbons (Fsp3) is 0.0526. The highest BCUT2D eigenvalue weighted by Gasteiger charge is 2.04. The van der Waals surface area contributed by atoms with Gasteiger partial charge in [0.25, 0.3) is 0 Å². The van der Waals surface area contributed by atoms with Crippen LogP contribution in [0.3, 0.4) is 0 Å². The molecule has 1 N–H and O–H groups in total. The van der Waals surface area contributed by atoms with Crippen LogP contribution in [0.1, 0.15) is 22.8 Å². The van der Waals surface area contributed by atoms with Crippen molar-refractivity contribution in [3.05, 3.63) is 76.8 Å². The number of anilines is 1. The summed E-state index contributed by atoms with van der Waals surface area (Å²) < 4.78 is 0. The van der Waals surface area contributed by atoms with Crippen LogP contribution in [0.2, 0.25) is 5.02 Å². The summed E-state index contributed by atoms with van der Waals surface area (Å²) in [5.74, 6) is -1.32. The molecule has 0 aliphatic carbocycles. The number of nitrogens with one attached hydrogen (secondary N) is 1. The van der Waals surface area contributed by atoms with Crippen molar-refractivity contribution < 1.29 is 9.90 Å². The molecule has 0 amide bonds. The van der Waals surface area contributed by atoms with Crippen molar-refractivity contribution in [2.75, 3.05) is 5.43 Å². The zero-order valence-corrected chi connectivity index (χ0v) is 13.7. The molecule has 0 aliphatic heterocycles. The van der Waals surface area contributed by atoms with Gasteiger partial charge in [0, 0.05) is 10.6 Å². The molecule has 120 valence electrons. The predicted molar refractivity (Wildman–Crippen MR) is 95.6 cm³/mol. The normalized spacial score (nSPS) is 11.5. The van der Waals surface area contributed by atoms with Gasteiger partial charge in [-0.25, -0.2) is 0 Å². The monoisotopic (exact) mass is 337 g/mol. The van der Waals surface area contributed by atoms with Crippen LogP contribution in [0.15, 0.2) is 65.8 Å². The molecule has 3 aromatic carbocycles. The van der Waals surface area contributed by atoms with Crippen LogP contribution in [0.25, 0.3) is 10.8 Å². The highest BCUT2D eigenvalue weighted by Crippen LogP contribution is 2.20. The first-order chi connectivity index (χ1) is 11.5. The summed E-state index contributed by atoms with van der Waals surface area (Å²) in [6, 6.07) is 18.7. The number of carboxylic acids is 1. The molecule has 3 rings (SSSR count). The van der Waals surface area contributed by atoms with Gasteiger partial charge in [0.1, 0.15) is 0 Å². The Morgan fingerprint density at radius 1 is 1.04 bits per heavy atom. The Morgan fingerprint density at radius 3 is 2.54 bits per heavy atom. The van der Waals surface area contributed by atoms with Crippen LogP contribution in [0.4, 0.5) is 5.69 Å². The zero-order chi connectivity index (χ0) is 17.1. The van der Waals surface area contributed by atoms with Gasteiger partial charge >= 0.3 is 0 Å². The molecule has 0 heterocycles. The lowest BCUT2D eigenvalue weighted by Crippen LogP contribution is -2.22. The lowest BCUT2D eigenvalue weighted by atomic mass is 10.0. The topological polar surface area (TPSA) is 64.5 Å². The second kappa shape index (κ2) is 6.72. The lowest BCUT2D eigenvalue weighted by molar-refractivity contribution is -0.255. The van der Waals surface area contributed by atoms with E-state index in [0.29, 0.717) is 5.69 Å². The molecule has 24 heavy (non-hydrogen) atoms.